The molecule has 0 saturated heterocycles. The van der Waals surface area contributed by atoms with E-state index in [0.29, 0.717) is 5.56 Å². The molecule has 0 bridgehead atoms. The van der Waals surface area contributed by atoms with Crippen molar-refractivity contribution < 1.29 is 56.1 Å². The molecule has 2 radical (unpaired) electrons. The van der Waals surface area contributed by atoms with Crippen molar-refractivity contribution in [1.82, 2.24) is 0 Å². The van der Waals surface area contributed by atoms with Crippen LogP contribution in [0.5, 0.6) is 5.75 Å². The summed E-state index contributed by atoms with van der Waals surface area (Å²) < 4.78 is 5.58. The van der Waals surface area contributed by atoms with E-state index in [2.05, 4.69) is 40.8 Å². The average molecular weight is 446 g/mol. The molecule has 0 saturated carbocycles. The third-order valence-corrected chi connectivity index (χ3v) is 6.54. The summed E-state index contributed by atoms with van der Waals surface area (Å²) in [6.45, 7) is 13.0. The number of amides is 1. The Morgan fingerprint density at radius 1 is 1.12 bits per heavy atom. The predicted octanol–water partition coefficient (Wildman–Crippen LogP) is -1.39. The summed E-state index contributed by atoms with van der Waals surface area (Å²) in [5.41, 5.74) is 14.2. The first-order chi connectivity index (χ1) is 10.7. The summed E-state index contributed by atoms with van der Waals surface area (Å²) in [7, 11) is 0.801. The topological polar surface area (TPSA) is 50.1 Å². The first-order valence-corrected chi connectivity index (χ1v) is 10.4. The second kappa shape index (κ2) is 10.7. The number of carbonyl (C=O) groups excluding carboxylic acids is 1. The van der Waals surface area contributed by atoms with Crippen LogP contribution in [-0.4, -0.2) is 21.8 Å². The van der Waals surface area contributed by atoms with Gasteiger partial charge >= 0.3 is 21.7 Å². The minimum atomic E-state index is -0.870. The third kappa shape index (κ3) is 4.66. The van der Waals surface area contributed by atoms with Gasteiger partial charge in [0.05, 0.1) is 21.8 Å². The molecular formula is C19H25Cl2NO2SiTi. The molecule has 0 aliphatic heterocycles. The first kappa shape index (κ1) is 27.7. The van der Waals surface area contributed by atoms with Crippen LogP contribution in [0.2, 0.25) is 13.1 Å². The fourth-order valence-corrected chi connectivity index (χ4v) is 4.93. The van der Waals surface area contributed by atoms with E-state index in [9.17, 15) is 4.79 Å². The number of nitrogens with one attached hydrogen (secondary N) is 1. The molecule has 0 heterocycles. The summed E-state index contributed by atoms with van der Waals surface area (Å²) in [4.78, 5) is 12.0. The molecule has 1 atom stereocenters. The van der Waals surface area contributed by atoms with E-state index in [0.717, 1.165) is 16.5 Å². The number of ether oxygens (including phenoxy) is 1. The van der Waals surface area contributed by atoms with E-state index in [1.807, 2.05) is 6.07 Å². The molecule has 0 fully saturated rings. The molecular weight excluding hydrogens is 421 g/mol. The number of hydrogen-bond acceptors (Lipinski definition) is 2. The molecule has 1 aromatic rings. The van der Waals surface area contributed by atoms with Gasteiger partial charge in [-0.3, -0.25) is 0 Å². The van der Waals surface area contributed by atoms with E-state index < -0.39 is 14.7 Å². The third-order valence-electron chi connectivity index (χ3n) is 5.04. The van der Waals surface area contributed by atoms with E-state index in [4.69, 9.17) is 10.5 Å². The number of halogens is 2. The summed E-state index contributed by atoms with van der Waals surface area (Å²) in [5.74, 6) is 0.473. The van der Waals surface area contributed by atoms with Crippen LogP contribution in [0.3, 0.4) is 0 Å². The second-order valence-electron chi connectivity index (χ2n) is 6.46. The van der Waals surface area contributed by atoms with Crippen molar-refractivity contribution in [1.29, 1.82) is 0 Å². The van der Waals surface area contributed by atoms with Gasteiger partial charge in [0.2, 0.25) is 0 Å². The maximum absolute atomic E-state index is 12.0. The van der Waals surface area contributed by atoms with Gasteiger partial charge in [-0.1, -0.05) is 25.6 Å². The first-order valence-electron chi connectivity index (χ1n) is 7.88. The zero-order valence-electron chi connectivity index (χ0n) is 16.3. The molecule has 1 amide bonds. The van der Waals surface area contributed by atoms with Crippen LogP contribution >= 0.6 is 0 Å². The zero-order chi connectivity index (χ0) is 17.5. The summed E-state index contributed by atoms with van der Waals surface area (Å²) in [6.07, 6.45) is 0. The van der Waals surface area contributed by atoms with Crippen molar-refractivity contribution in [2.75, 3.05) is 7.11 Å². The van der Waals surface area contributed by atoms with Crippen LogP contribution in [0, 0.1) is 5.92 Å². The van der Waals surface area contributed by atoms with Gasteiger partial charge in [0, 0.05) is 11.5 Å². The van der Waals surface area contributed by atoms with Crippen molar-refractivity contribution >= 4 is 25.5 Å². The monoisotopic (exact) mass is 445 g/mol. The minimum Gasteiger partial charge on any atom is -1.00 e. The molecule has 1 aromatic carbocycles. The Morgan fingerprint density at radius 2 is 1.65 bits per heavy atom. The van der Waals surface area contributed by atoms with Gasteiger partial charge in [-0.2, -0.15) is 0 Å². The number of benzene rings is 1. The van der Waals surface area contributed by atoms with Gasteiger partial charge in [-0.05, 0) is 60.4 Å². The number of hydrogen-bond donors (Lipinski definition) is 0. The van der Waals surface area contributed by atoms with Crippen LogP contribution in [0.4, 0.5) is 0 Å². The molecule has 1 unspecified atom stereocenters. The van der Waals surface area contributed by atoms with Crippen molar-refractivity contribution in [2.24, 2.45) is 5.92 Å². The predicted molar refractivity (Wildman–Crippen MR) is 98.9 cm³/mol. The number of carbonyl (C=O) groups is 1. The Morgan fingerprint density at radius 3 is 2.00 bits per heavy atom. The molecule has 0 spiro atoms. The Hall–Kier alpha value is -0.519. The van der Waals surface area contributed by atoms with Gasteiger partial charge in [0.15, 0.2) is 0 Å². The zero-order valence-corrected chi connectivity index (χ0v) is 20.4. The number of allylic oxidation sites excluding steroid dienone is 4. The number of methoxy groups -OCH3 is 1. The Balaban J connectivity index is 0. The van der Waals surface area contributed by atoms with Crippen LogP contribution in [-0.2, 0) is 21.7 Å². The summed E-state index contributed by atoms with van der Waals surface area (Å²) in [5, 5.41) is 1.12. The molecule has 0 aromatic heterocycles. The molecule has 140 valence electrons. The normalized spacial score (nSPS) is 16.1. The standard InChI is InChI=1S/C19H26NO2Si.2ClH.Ti/c1-10-11(2)13(4)16(12(10)3)17-14(19(20)21)8-9-15(22-5)18(17)23(6)7;;;/h8-9,12H,1-7H3,(H2,20,21);2*1H;/q;;;+3/p-3. The van der Waals surface area contributed by atoms with Crippen LogP contribution in [0.25, 0.3) is 11.3 Å². The van der Waals surface area contributed by atoms with Crippen LogP contribution < -0.4 is 34.7 Å². The summed E-state index contributed by atoms with van der Waals surface area (Å²) >= 11 is 0. The largest absolute Gasteiger partial charge is 3.00 e. The van der Waals surface area contributed by atoms with Gasteiger partial charge in [-0.25, -0.2) is 0 Å². The SMILES string of the molecule is COc1ccc(C([NH-])=O)c(C2=C(C)C(C)=C(C)C2C)c1[Si](C)C.[Cl-].[Cl-].[Ti+3]. The maximum atomic E-state index is 12.0. The maximum Gasteiger partial charge on any atom is 3.00 e. The molecule has 1 aliphatic rings. The fourth-order valence-electron chi connectivity index (χ4n) is 3.49. The smallest absolute Gasteiger partial charge is 1.00 e. The van der Waals surface area contributed by atoms with Crippen LogP contribution in [0.15, 0.2) is 28.9 Å². The Kier molecular flexibility index (Phi) is 11.4. The Labute approximate surface area is 186 Å². The average Bonchev–Trinajstić information content (AvgIpc) is 2.69. The van der Waals surface area contributed by atoms with E-state index >= 15 is 0 Å². The van der Waals surface area contributed by atoms with Gasteiger partial charge in [0.1, 0.15) is 5.75 Å². The second-order valence-corrected chi connectivity index (χ2v) is 8.96. The minimum absolute atomic E-state index is 0. The van der Waals surface area contributed by atoms with Crippen molar-refractivity contribution in [2.45, 2.75) is 40.8 Å². The quantitative estimate of drug-likeness (QED) is 0.536. The molecule has 2 rings (SSSR count). The number of rotatable bonds is 4. The van der Waals surface area contributed by atoms with Gasteiger partial charge in [0.25, 0.3) is 0 Å². The fraction of sp³-hybridized carbons (Fsp3) is 0.421. The van der Waals surface area contributed by atoms with Crippen molar-refractivity contribution in [3.05, 3.63) is 45.7 Å². The molecule has 1 aliphatic carbocycles. The van der Waals surface area contributed by atoms with Crippen molar-refractivity contribution in [3.8, 4) is 5.75 Å². The van der Waals surface area contributed by atoms with E-state index in [1.54, 1.807) is 13.2 Å². The van der Waals surface area contributed by atoms with E-state index in [-0.39, 0.29) is 52.4 Å². The Bertz CT molecular complexity index is 745. The molecule has 7 heteroatoms. The van der Waals surface area contributed by atoms with Gasteiger partial charge in [-0.15, -0.1) is 0 Å². The van der Waals surface area contributed by atoms with Gasteiger partial charge < -0.3 is 40.1 Å². The van der Waals surface area contributed by atoms with E-state index in [1.165, 1.54) is 22.3 Å². The molecule has 26 heavy (non-hydrogen) atoms. The molecule has 1 N–H and O–H groups in total. The van der Waals surface area contributed by atoms with Crippen molar-refractivity contribution in [3.63, 3.8) is 0 Å². The van der Waals surface area contributed by atoms with Crippen LogP contribution in [0.1, 0.15) is 43.6 Å². The molecule has 3 nitrogen and oxygen atoms in total. The summed E-state index contributed by atoms with van der Waals surface area (Å²) in [6, 6.07) is 3.58.